The Morgan fingerprint density at radius 3 is 2.46 bits per heavy atom. The van der Waals surface area contributed by atoms with Crippen LogP contribution in [0.2, 0.25) is 0 Å². The lowest BCUT2D eigenvalue weighted by Gasteiger charge is -2.16. The Bertz CT molecular complexity index is 969. The zero-order chi connectivity index (χ0) is 19.5. The smallest absolute Gasteiger partial charge is 0.348 e. The summed E-state index contributed by atoms with van der Waals surface area (Å²) in [6, 6.07) is 10.5. The molecule has 1 unspecified atom stereocenters. The second-order valence-electron chi connectivity index (χ2n) is 5.28. The number of sulfonamides is 1. The molecule has 10 heteroatoms. The van der Waals surface area contributed by atoms with E-state index in [1.54, 1.807) is 24.3 Å². The number of halogens is 1. The van der Waals surface area contributed by atoms with E-state index >= 15 is 0 Å². The van der Waals surface area contributed by atoms with Crippen LogP contribution in [0.25, 0.3) is 10.4 Å². The van der Waals surface area contributed by atoms with Gasteiger partial charge in [0.2, 0.25) is 10.0 Å². The van der Waals surface area contributed by atoms with Gasteiger partial charge in [0, 0.05) is 17.6 Å². The number of aliphatic imine (C=N–C) groups is 1. The Morgan fingerprint density at radius 2 is 1.96 bits per heavy atom. The first-order chi connectivity index (χ1) is 12.2. The molecule has 0 saturated heterocycles. The van der Waals surface area contributed by atoms with E-state index in [1.807, 2.05) is 6.07 Å². The molecule has 2 rings (SSSR count). The van der Waals surface area contributed by atoms with E-state index in [2.05, 4.69) is 9.71 Å². The quantitative estimate of drug-likeness (QED) is 0.601. The number of benzene rings is 1. The Hall–Kier alpha value is -2.23. The molecule has 0 bridgehead atoms. The Labute approximate surface area is 159 Å². The number of nitrogens with zero attached hydrogens (tertiary/aromatic N) is 1. The molecule has 138 valence electrons. The summed E-state index contributed by atoms with van der Waals surface area (Å²) in [4.78, 5) is 15.6. The lowest BCUT2D eigenvalue weighted by Crippen LogP contribution is -2.38. The lowest BCUT2D eigenvalue weighted by molar-refractivity contribution is 0.0703. The molecule has 0 spiro atoms. The fourth-order valence-corrected chi connectivity index (χ4v) is 5.19. The summed E-state index contributed by atoms with van der Waals surface area (Å²) in [5.41, 5.74) is 0.454. The summed E-state index contributed by atoms with van der Waals surface area (Å²) in [5.74, 6) is -1.26. The predicted octanol–water partition coefficient (Wildman–Crippen LogP) is 3.53. The van der Waals surface area contributed by atoms with Crippen molar-refractivity contribution < 1.29 is 18.3 Å². The van der Waals surface area contributed by atoms with Gasteiger partial charge in [-0.2, -0.15) is 0 Å². The highest BCUT2D eigenvalue weighted by molar-refractivity contribution is 7.95. The van der Waals surface area contributed by atoms with Crippen LogP contribution in [-0.2, 0) is 10.0 Å². The summed E-state index contributed by atoms with van der Waals surface area (Å²) in [5, 5.41) is 15.3. The van der Waals surface area contributed by atoms with Gasteiger partial charge in [-0.15, -0.1) is 11.3 Å². The maximum atomic E-state index is 12.7. The standard InChI is InChI=1S/C16H16ClN3O4S2/c1-9(18)14(15(17)19-2)26(23,24)20-11-8-12(25-13(11)16(21)22)10-6-4-3-5-7-10/h3-8,14,18,20H,1-2H3,(H,21,22). The number of thiophene rings is 1. The molecule has 1 atom stereocenters. The first-order valence-corrected chi connectivity index (χ1v) is 10.0. The van der Waals surface area contributed by atoms with Crippen LogP contribution < -0.4 is 4.72 Å². The SMILES string of the molecule is CN=C(Cl)C(C(C)=N)S(=O)(=O)Nc1cc(-c2ccccc2)sc1C(=O)O. The molecule has 26 heavy (non-hydrogen) atoms. The van der Waals surface area contributed by atoms with Crippen molar-refractivity contribution in [1.82, 2.24) is 0 Å². The molecule has 3 N–H and O–H groups in total. The molecule has 0 aliphatic heterocycles. The van der Waals surface area contributed by atoms with Gasteiger partial charge in [0.15, 0.2) is 5.25 Å². The number of hydrogen-bond donors (Lipinski definition) is 3. The molecule has 0 amide bonds. The van der Waals surface area contributed by atoms with Gasteiger partial charge in [0.25, 0.3) is 0 Å². The summed E-state index contributed by atoms with van der Waals surface area (Å²) >= 11 is 6.81. The van der Waals surface area contributed by atoms with E-state index in [0.717, 1.165) is 16.9 Å². The minimum Gasteiger partial charge on any atom is -0.477 e. The maximum Gasteiger partial charge on any atom is 0.348 e. The van der Waals surface area contributed by atoms with Crippen molar-refractivity contribution >= 4 is 55.5 Å². The van der Waals surface area contributed by atoms with Crippen molar-refractivity contribution in [1.29, 1.82) is 5.41 Å². The van der Waals surface area contributed by atoms with Crippen molar-refractivity contribution in [3.8, 4) is 10.4 Å². The highest BCUT2D eigenvalue weighted by atomic mass is 35.5. The molecule has 1 aromatic heterocycles. The highest BCUT2D eigenvalue weighted by Crippen LogP contribution is 2.35. The van der Waals surface area contributed by atoms with Crippen molar-refractivity contribution in [2.45, 2.75) is 12.2 Å². The zero-order valence-electron chi connectivity index (χ0n) is 13.9. The number of anilines is 1. The number of aromatic carboxylic acids is 1. The predicted molar refractivity (Wildman–Crippen MR) is 106 cm³/mol. The normalized spacial score (nSPS) is 13.3. The molecule has 0 aliphatic carbocycles. The monoisotopic (exact) mass is 413 g/mol. The lowest BCUT2D eigenvalue weighted by atomic mass is 10.2. The molecule has 7 nitrogen and oxygen atoms in total. The van der Waals surface area contributed by atoms with Gasteiger partial charge in [-0.25, -0.2) is 13.2 Å². The minimum absolute atomic E-state index is 0.0758. The van der Waals surface area contributed by atoms with Crippen molar-refractivity contribution in [3.63, 3.8) is 0 Å². The number of carboxylic acids is 1. The second-order valence-corrected chi connectivity index (χ2v) is 8.49. The van der Waals surface area contributed by atoms with Gasteiger partial charge in [-0.3, -0.25) is 9.71 Å². The summed E-state index contributed by atoms with van der Waals surface area (Å²) in [6.45, 7) is 1.29. The minimum atomic E-state index is -4.20. The van der Waals surface area contributed by atoms with E-state index in [4.69, 9.17) is 17.0 Å². The molecule has 0 aliphatic rings. The first-order valence-electron chi connectivity index (χ1n) is 7.28. The van der Waals surface area contributed by atoms with E-state index in [1.165, 1.54) is 20.0 Å². The molecule has 0 fully saturated rings. The Morgan fingerprint density at radius 1 is 1.35 bits per heavy atom. The second kappa shape index (κ2) is 7.98. The number of carboxylic acid groups (broad SMARTS) is 1. The molecular weight excluding hydrogens is 398 g/mol. The van der Waals surface area contributed by atoms with Crippen LogP contribution in [0.15, 0.2) is 41.4 Å². The fraction of sp³-hybridized carbons (Fsp3) is 0.188. The van der Waals surface area contributed by atoms with Crippen LogP contribution in [0, 0.1) is 5.41 Å². The van der Waals surface area contributed by atoms with Gasteiger partial charge in [-0.1, -0.05) is 41.9 Å². The summed E-state index contributed by atoms with van der Waals surface area (Å²) in [6.07, 6.45) is 0. The Kier molecular flexibility index (Phi) is 6.17. The largest absolute Gasteiger partial charge is 0.477 e. The number of carbonyl (C=O) groups is 1. The molecule has 1 heterocycles. The van der Waals surface area contributed by atoms with E-state index in [9.17, 15) is 18.3 Å². The van der Waals surface area contributed by atoms with Gasteiger partial charge in [0.1, 0.15) is 10.0 Å². The molecule has 0 radical (unpaired) electrons. The third-order valence-electron chi connectivity index (χ3n) is 3.37. The van der Waals surface area contributed by atoms with E-state index in [0.29, 0.717) is 4.88 Å². The average molecular weight is 414 g/mol. The van der Waals surface area contributed by atoms with Gasteiger partial charge < -0.3 is 10.5 Å². The van der Waals surface area contributed by atoms with Crippen molar-refractivity contribution in [2.75, 3.05) is 11.8 Å². The van der Waals surface area contributed by atoms with Crippen LogP contribution in [0.1, 0.15) is 16.6 Å². The number of nitrogens with one attached hydrogen (secondary N) is 2. The third-order valence-corrected chi connectivity index (χ3v) is 6.76. The summed E-state index contributed by atoms with van der Waals surface area (Å²) in [7, 11) is -2.89. The van der Waals surface area contributed by atoms with Crippen LogP contribution in [-0.4, -0.2) is 42.7 Å². The maximum absolute atomic E-state index is 12.7. The molecule has 2 aromatic rings. The molecule has 0 saturated carbocycles. The van der Waals surface area contributed by atoms with Crippen LogP contribution in [0.3, 0.4) is 0 Å². The Balaban J connectivity index is 2.49. The van der Waals surface area contributed by atoms with Crippen LogP contribution in [0.5, 0.6) is 0 Å². The zero-order valence-corrected chi connectivity index (χ0v) is 16.2. The molecular formula is C16H16ClN3O4S2. The van der Waals surface area contributed by atoms with Crippen molar-refractivity contribution in [2.24, 2.45) is 4.99 Å². The average Bonchev–Trinajstić information content (AvgIpc) is 2.98. The fourth-order valence-electron chi connectivity index (χ4n) is 2.24. The number of rotatable bonds is 7. The van der Waals surface area contributed by atoms with E-state index in [-0.39, 0.29) is 21.4 Å². The van der Waals surface area contributed by atoms with Crippen LogP contribution in [0.4, 0.5) is 5.69 Å². The van der Waals surface area contributed by atoms with E-state index < -0.39 is 21.2 Å². The third kappa shape index (κ3) is 4.29. The van der Waals surface area contributed by atoms with Gasteiger partial charge in [-0.05, 0) is 18.6 Å². The van der Waals surface area contributed by atoms with Crippen molar-refractivity contribution in [3.05, 3.63) is 41.3 Å². The molecule has 1 aromatic carbocycles. The topological polar surface area (TPSA) is 120 Å². The number of hydrogen-bond acceptors (Lipinski definition) is 6. The summed E-state index contributed by atoms with van der Waals surface area (Å²) < 4.78 is 27.6. The highest BCUT2D eigenvalue weighted by Gasteiger charge is 2.33. The van der Waals surface area contributed by atoms with Gasteiger partial charge >= 0.3 is 5.97 Å². The van der Waals surface area contributed by atoms with Crippen LogP contribution >= 0.6 is 22.9 Å². The first kappa shape index (κ1) is 20.1. The van der Waals surface area contributed by atoms with Gasteiger partial charge in [0.05, 0.1) is 5.69 Å².